The van der Waals surface area contributed by atoms with Crippen LogP contribution in [0.15, 0.2) is 267 Å². The van der Waals surface area contributed by atoms with Gasteiger partial charge >= 0.3 is 0 Å². The molecule has 0 aliphatic carbocycles. The van der Waals surface area contributed by atoms with Crippen LogP contribution in [-0.2, 0) is 59.3 Å². The summed E-state index contributed by atoms with van der Waals surface area (Å²) in [4.78, 5) is 82.3. The minimum absolute atomic E-state index is 0. The molecule has 34 nitrogen and oxygen atoms in total. The Hall–Kier alpha value is -14.0. The van der Waals surface area contributed by atoms with E-state index in [9.17, 15) is 66.9 Å². The summed E-state index contributed by atoms with van der Waals surface area (Å²) < 4.78 is 153. The molecule has 4 aliphatic heterocycles. The molecule has 4 fully saturated rings. The monoisotopic (exact) mass is 2050 g/mol. The smallest absolute Gasteiger partial charge is 0.268 e. The summed E-state index contributed by atoms with van der Waals surface area (Å²) in [6.45, 7) is 14.4. The van der Waals surface area contributed by atoms with Crippen molar-refractivity contribution in [3.63, 3.8) is 0 Å². The second-order valence-electron chi connectivity index (χ2n) is 32.1. The van der Waals surface area contributed by atoms with Gasteiger partial charge in [0.1, 0.15) is 54.0 Å². The Kier molecular flexibility index (Phi) is 29.5. The number of fused-ring (bicyclic) bond motifs is 3. The topological polar surface area (TPSA) is 412 Å². The highest BCUT2D eigenvalue weighted by Crippen LogP contribution is 2.36. The number of amides is 4. The number of nitrogens with one attached hydrogen (secondary N) is 4. The summed E-state index contributed by atoms with van der Waals surface area (Å²) in [5.74, 6) is -0.462. The molecular formula is C93H98ClF2N21O13S8. The predicted octanol–water partition coefficient (Wildman–Crippen LogP) is 16.2. The van der Waals surface area contributed by atoms with Crippen LogP contribution in [0.4, 0.5) is 52.1 Å². The normalized spacial score (nSPS) is 16.0. The number of thiazole rings is 3. The second-order valence-corrected chi connectivity index (χ2v) is 42.7. The van der Waals surface area contributed by atoms with Crippen LogP contribution in [0.25, 0.3) is 32.7 Å². The first-order valence-corrected chi connectivity index (χ1v) is 52.8. The van der Waals surface area contributed by atoms with E-state index in [0.717, 1.165) is 39.5 Å². The number of hydrogen-bond acceptors (Lipinski definition) is 27. The number of benzene rings is 8. The van der Waals surface area contributed by atoms with Crippen molar-refractivity contribution in [1.82, 2.24) is 52.7 Å². The van der Waals surface area contributed by atoms with Gasteiger partial charge in [-0.25, -0.2) is 62.4 Å². The van der Waals surface area contributed by atoms with Gasteiger partial charge in [-0.3, -0.25) is 38.1 Å². The average Bonchev–Trinajstić information content (AvgIpc) is 1.60. The molecule has 0 radical (unpaired) electrons. The van der Waals surface area contributed by atoms with Crippen LogP contribution in [0.5, 0.6) is 5.75 Å². The number of carbonyl (C=O) groups is 4. The minimum Gasteiger partial charge on any atom is -0.480 e. The highest BCUT2D eigenvalue weighted by Gasteiger charge is 2.37. The van der Waals surface area contributed by atoms with Crippen molar-refractivity contribution in [2.75, 3.05) is 117 Å². The van der Waals surface area contributed by atoms with Crippen LogP contribution in [0.3, 0.4) is 0 Å². The van der Waals surface area contributed by atoms with Gasteiger partial charge < -0.3 is 52.7 Å². The van der Waals surface area contributed by atoms with Gasteiger partial charge in [-0.15, -0.1) is 34.0 Å². The maximum Gasteiger partial charge on any atom is 0.268 e. The molecule has 0 bridgehead atoms. The van der Waals surface area contributed by atoms with Crippen LogP contribution in [-0.4, -0.2) is 201 Å². The Morgan fingerprint density at radius 3 is 1.30 bits per heavy atom. The lowest BCUT2D eigenvalue weighted by Gasteiger charge is -2.42. The summed E-state index contributed by atoms with van der Waals surface area (Å²) in [6.07, 6.45) is 10.9. The molecule has 4 N–H and O–H groups in total. The molecule has 4 amide bonds. The lowest BCUT2D eigenvalue weighted by molar-refractivity contribution is -0.137. The van der Waals surface area contributed by atoms with Crippen molar-refractivity contribution in [2.45, 2.75) is 84.0 Å². The van der Waals surface area contributed by atoms with Crippen LogP contribution in [0.2, 0.25) is 5.02 Å². The maximum atomic E-state index is 14.0. The van der Waals surface area contributed by atoms with Crippen LogP contribution < -0.4 is 43.2 Å². The van der Waals surface area contributed by atoms with Crippen molar-refractivity contribution in [3.05, 3.63) is 275 Å². The number of rotatable bonds is 24. The molecule has 19 rings (SSSR count). The first-order valence-electron chi connectivity index (χ1n) is 43.1. The van der Waals surface area contributed by atoms with Crippen LogP contribution in [0, 0.1) is 34.3 Å². The first kappa shape index (κ1) is 97.1. The molecule has 8 aromatic carbocycles. The number of halogens is 3. The number of piperazine rings is 3. The first-order chi connectivity index (χ1) is 66.3. The largest absolute Gasteiger partial charge is 0.480 e. The third-order valence-corrected chi connectivity index (χ3v) is 32.6. The predicted molar refractivity (Wildman–Crippen MR) is 539 cm³/mol. The van der Waals surface area contributed by atoms with Crippen molar-refractivity contribution >= 4 is 197 Å². The highest BCUT2D eigenvalue weighted by molar-refractivity contribution is 7.94. The number of sulfonamides is 4. The maximum absolute atomic E-state index is 14.0. The van der Waals surface area contributed by atoms with Gasteiger partial charge in [0, 0.05) is 208 Å². The summed E-state index contributed by atoms with van der Waals surface area (Å²) in [7, 11) is -14.9. The Balaban J connectivity index is 0.000000180. The quantitative estimate of drug-likeness (QED) is 0.0436. The molecule has 7 aromatic heterocycles. The summed E-state index contributed by atoms with van der Waals surface area (Å²) in [5.41, 5.74) is 6.39. The van der Waals surface area contributed by atoms with Gasteiger partial charge in [0.05, 0.1) is 52.3 Å². The van der Waals surface area contributed by atoms with E-state index in [-0.39, 0.29) is 83.3 Å². The number of carbonyl (C=O) groups excluding carboxylic acids is 4. The molecule has 45 heteroatoms. The number of nitrogens with zero attached hydrogens (tertiary/aromatic N) is 17. The lowest BCUT2D eigenvalue weighted by atomic mass is 10.1. The second kappa shape index (κ2) is 41.9. The van der Waals surface area contributed by atoms with E-state index in [1.807, 2.05) is 98.6 Å². The average molecular weight is 2050 g/mol. The SMILES string of the molecule is CC1CN(c2ccc(S(=O)(=O)Nc3nccs3)cc2)CCN1C(=O)C(C)n1cc(C#N)c2ccccc21.C[C@@H](C(=O)N1CCN(c2ccc(S(=O)(=O)Nc3nccs3)cc2)CC1)n1ccc2c(F)cccc21.C[C@@H](C(=O)N1CCN(c2ccc(S(=O)(=O)Nc3ncns3)cc2)CC1)n1ccc2c(F)cccc21.N#Cc1ccc(OC2CCN(c3ccc(S(=O)(=O)Nc4nccs4)cc3)C2=O)cc1Cl.[HH].[HH].[HH].[HH].[HH]. The standard InChI is InChI=1S/C26H26N6O3S2.C24H24FN5O3S2.C23H23FN6O3S2.C20H15ClN4O4S2.5H2/c1-18-16-30(21-7-9-22(10-8-21)37(34,35)29-26-28-11-14-36-26)12-13-31(18)25(33)19(2)32-17-20(15-27)23-5-3-4-6-24(23)32;1-17(30-11-9-20-21(25)3-2-4-22(20)30)23(31)29-14-12-28(13-15-29)18-5-7-19(8-6-18)35(32,33)27-24-26-10-16-34-24;1-16(30-10-9-19-20(24)3-2-4-21(19)30)22(31)29-13-11-28(12-14-29)17-5-7-18(8-6-17)35(32,33)27-23-25-15-26-34-23;21-17-11-15(4-1-13(17)12-22)29-18-7-9-25(19(18)26)14-2-5-16(6-3-14)31(27,28)24-20-23-8-10-30-20;;;;;/h3-11,14,17-19H,12-13,16H2,1-2H3,(H,28,29);2-11,16-17H,12-15H2,1H3,(H,26,27);2-10,15-16H,11-14H2,1H3,(H,25,26,27);1-6,8,10-11,18H,7,9H2,(H,23,24);5*1H/t;17-;16-;;;;;;/m.00....../s1. The van der Waals surface area contributed by atoms with Crippen LogP contribution in [0.1, 0.15) is 70.5 Å². The summed E-state index contributed by atoms with van der Waals surface area (Å²) in [6, 6.07) is 54.3. The molecule has 3 unspecified atom stereocenters. The molecule has 722 valence electrons. The third kappa shape index (κ3) is 21.9. The zero-order chi connectivity index (χ0) is 97.3. The van der Waals surface area contributed by atoms with Gasteiger partial charge in [0.15, 0.2) is 21.5 Å². The third-order valence-electron chi connectivity index (χ3n) is 23.7. The molecule has 4 aliphatic rings. The number of ether oxygens (including phenoxy) is 1. The zero-order valence-electron chi connectivity index (χ0n) is 74.1. The lowest BCUT2D eigenvalue weighted by Crippen LogP contribution is -2.55. The van der Waals surface area contributed by atoms with Gasteiger partial charge in [0.25, 0.3) is 46.0 Å². The molecule has 0 saturated carbocycles. The summed E-state index contributed by atoms with van der Waals surface area (Å²) in [5, 5.41) is 26.8. The van der Waals surface area contributed by atoms with E-state index in [0.29, 0.717) is 140 Å². The van der Waals surface area contributed by atoms with Gasteiger partial charge in [0.2, 0.25) is 22.9 Å². The number of hydrogen-bond donors (Lipinski definition) is 4. The van der Waals surface area contributed by atoms with E-state index >= 15 is 0 Å². The fourth-order valence-corrected chi connectivity index (χ4v) is 23.7. The Morgan fingerprint density at radius 1 is 0.471 bits per heavy atom. The molecule has 5 atom stereocenters. The van der Waals surface area contributed by atoms with Crippen molar-refractivity contribution in [1.29, 1.82) is 10.5 Å². The van der Waals surface area contributed by atoms with E-state index in [2.05, 4.69) is 64.0 Å². The van der Waals surface area contributed by atoms with E-state index in [4.69, 9.17) is 21.6 Å². The van der Waals surface area contributed by atoms with Gasteiger partial charge in [-0.2, -0.15) is 14.9 Å². The molecule has 15 aromatic rings. The number of aromatic nitrogens is 8. The Bertz CT molecular complexity index is 7300. The molecule has 11 heterocycles. The number of nitriles is 2. The van der Waals surface area contributed by atoms with E-state index in [1.54, 1.807) is 161 Å². The molecule has 0 spiro atoms. The highest BCUT2D eigenvalue weighted by atomic mass is 35.5. The zero-order valence-corrected chi connectivity index (χ0v) is 81.3. The van der Waals surface area contributed by atoms with Crippen LogP contribution >= 0.6 is 57.1 Å². The minimum atomic E-state index is -3.76. The van der Waals surface area contributed by atoms with Gasteiger partial charge in [-0.05, 0) is 179 Å². The molecular weight excluding hydrogens is 1950 g/mol. The van der Waals surface area contributed by atoms with Crippen molar-refractivity contribution in [3.8, 4) is 17.9 Å². The molecule has 4 saturated heterocycles. The Labute approximate surface area is 822 Å². The van der Waals surface area contributed by atoms with E-state index < -0.39 is 64.3 Å². The Morgan fingerprint density at radius 2 is 0.884 bits per heavy atom. The number of anilines is 8. The van der Waals surface area contributed by atoms with Crippen molar-refractivity contribution in [2.24, 2.45) is 0 Å². The van der Waals surface area contributed by atoms with Crippen molar-refractivity contribution < 1.29 is 73.5 Å². The fraction of sp³-hybridized carbons (Fsp3) is 0.237. The van der Waals surface area contributed by atoms with Gasteiger partial charge in [-0.1, -0.05) is 41.9 Å². The van der Waals surface area contributed by atoms with E-state index in [1.165, 1.54) is 89.1 Å². The summed E-state index contributed by atoms with van der Waals surface area (Å²) >= 11 is 10.6. The fourth-order valence-electron chi connectivity index (χ4n) is 16.5. The molecule has 138 heavy (non-hydrogen) atoms. The number of para-hydroxylation sites is 1.